The molecule has 0 aliphatic heterocycles. The molecule has 2 aromatic rings. The third-order valence-electron chi connectivity index (χ3n) is 3.56. The highest BCUT2D eigenvalue weighted by Gasteiger charge is 2.29. The van der Waals surface area contributed by atoms with Crippen molar-refractivity contribution in [1.29, 1.82) is 0 Å². The molecule has 1 amide bonds. The zero-order chi connectivity index (χ0) is 14.8. The molecule has 0 radical (unpaired) electrons. The number of carbonyl (C=O) groups is 1. The molecular weight excluding hydrogens is 266 g/mol. The van der Waals surface area contributed by atoms with Crippen molar-refractivity contribution in [1.82, 2.24) is 15.1 Å². The highest BCUT2D eigenvalue weighted by molar-refractivity contribution is 5.85. The zero-order valence-corrected chi connectivity index (χ0v) is 11.5. The number of hydrogen-bond donors (Lipinski definition) is 1. The second-order valence-electron chi connectivity index (χ2n) is 5.15. The van der Waals surface area contributed by atoms with E-state index in [1.807, 2.05) is 12.1 Å². The van der Waals surface area contributed by atoms with Gasteiger partial charge in [0.2, 0.25) is 5.91 Å². The fourth-order valence-electron chi connectivity index (χ4n) is 2.29. The maximum absolute atomic E-state index is 12.2. The van der Waals surface area contributed by atoms with E-state index >= 15 is 0 Å². The predicted molar refractivity (Wildman–Crippen MR) is 79.4 cm³/mol. The van der Waals surface area contributed by atoms with Crippen molar-refractivity contribution >= 4 is 16.7 Å². The van der Waals surface area contributed by atoms with Gasteiger partial charge >= 0.3 is 0 Å². The molecule has 1 aliphatic carbocycles. The number of nitrogens with zero attached hydrogens (tertiary/aromatic N) is 2. The molecule has 1 saturated carbocycles. The Morgan fingerprint density at radius 2 is 2.10 bits per heavy atom. The van der Waals surface area contributed by atoms with E-state index in [0.29, 0.717) is 17.6 Å². The van der Waals surface area contributed by atoms with Crippen LogP contribution in [0.3, 0.4) is 0 Å². The average Bonchev–Trinajstić information content (AvgIpc) is 3.33. The molecule has 0 unspecified atom stereocenters. The van der Waals surface area contributed by atoms with E-state index in [2.05, 4.69) is 16.3 Å². The van der Waals surface area contributed by atoms with Crippen LogP contribution >= 0.6 is 0 Å². The number of terminal acetylenes is 1. The summed E-state index contributed by atoms with van der Waals surface area (Å²) in [5.41, 5.74) is 0.454. The van der Waals surface area contributed by atoms with Gasteiger partial charge in [-0.15, -0.1) is 6.42 Å². The van der Waals surface area contributed by atoms with Gasteiger partial charge in [-0.1, -0.05) is 24.1 Å². The maximum atomic E-state index is 12.2. The van der Waals surface area contributed by atoms with Crippen LogP contribution in [-0.4, -0.2) is 15.7 Å². The van der Waals surface area contributed by atoms with E-state index in [0.717, 1.165) is 18.2 Å². The van der Waals surface area contributed by atoms with E-state index in [-0.39, 0.29) is 23.9 Å². The summed E-state index contributed by atoms with van der Waals surface area (Å²) in [6.45, 7) is 0.425. The molecule has 0 saturated heterocycles. The minimum Gasteiger partial charge on any atom is -0.350 e. The summed E-state index contributed by atoms with van der Waals surface area (Å²) in [7, 11) is 0. The monoisotopic (exact) mass is 281 g/mol. The molecule has 1 N–H and O–H groups in total. The molecule has 5 nitrogen and oxygen atoms in total. The van der Waals surface area contributed by atoms with Crippen molar-refractivity contribution in [3.05, 3.63) is 40.3 Å². The molecule has 21 heavy (non-hydrogen) atoms. The lowest BCUT2D eigenvalue weighted by Crippen LogP contribution is -2.29. The van der Waals surface area contributed by atoms with E-state index in [1.54, 1.807) is 12.1 Å². The smallest absolute Gasteiger partial charge is 0.275 e. The van der Waals surface area contributed by atoms with Crippen molar-refractivity contribution in [2.75, 3.05) is 0 Å². The first-order valence-corrected chi connectivity index (χ1v) is 6.90. The number of nitrogens with one attached hydrogen (secondary N) is 1. The lowest BCUT2D eigenvalue weighted by molar-refractivity contribution is -0.122. The van der Waals surface area contributed by atoms with E-state index in [9.17, 15) is 9.59 Å². The van der Waals surface area contributed by atoms with Crippen LogP contribution < -0.4 is 10.9 Å². The van der Waals surface area contributed by atoms with E-state index in [4.69, 9.17) is 6.42 Å². The maximum Gasteiger partial charge on any atom is 0.275 e. The Bertz CT molecular complexity index is 797. The van der Waals surface area contributed by atoms with Gasteiger partial charge in [-0.25, -0.2) is 4.68 Å². The van der Waals surface area contributed by atoms with Crippen LogP contribution in [0.1, 0.15) is 18.5 Å². The van der Waals surface area contributed by atoms with Gasteiger partial charge in [0.05, 0.1) is 17.6 Å². The minimum atomic E-state index is -0.208. The van der Waals surface area contributed by atoms with Crippen LogP contribution in [0.2, 0.25) is 0 Å². The highest BCUT2D eigenvalue weighted by Crippen LogP contribution is 2.28. The first kappa shape index (κ1) is 13.4. The van der Waals surface area contributed by atoms with Gasteiger partial charge in [0.25, 0.3) is 5.56 Å². The van der Waals surface area contributed by atoms with Crippen molar-refractivity contribution in [2.45, 2.75) is 25.9 Å². The van der Waals surface area contributed by atoms with Gasteiger partial charge in [-0.3, -0.25) is 9.59 Å². The van der Waals surface area contributed by atoms with E-state index in [1.165, 1.54) is 4.68 Å². The van der Waals surface area contributed by atoms with Gasteiger partial charge in [-0.2, -0.15) is 5.10 Å². The largest absolute Gasteiger partial charge is 0.350 e. The Morgan fingerprint density at radius 3 is 2.76 bits per heavy atom. The number of benzene rings is 1. The second kappa shape index (κ2) is 5.41. The van der Waals surface area contributed by atoms with Crippen LogP contribution in [0.5, 0.6) is 0 Å². The van der Waals surface area contributed by atoms with Crippen LogP contribution in [-0.2, 0) is 17.9 Å². The fourth-order valence-corrected chi connectivity index (χ4v) is 2.29. The van der Waals surface area contributed by atoms with Crippen LogP contribution in [0.4, 0.5) is 0 Å². The first-order chi connectivity index (χ1) is 10.2. The normalized spacial score (nSPS) is 13.9. The van der Waals surface area contributed by atoms with E-state index < -0.39 is 0 Å². The summed E-state index contributed by atoms with van der Waals surface area (Å²) in [5.74, 6) is 2.62. The Balaban J connectivity index is 1.99. The quantitative estimate of drug-likeness (QED) is 0.852. The van der Waals surface area contributed by atoms with Crippen molar-refractivity contribution in [3.8, 4) is 12.3 Å². The molecule has 1 heterocycles. The van der Waals surface area contributed by atoms with Crippen molar-refractivity contribution in [3.63, 3.8) is 0 Å². The third-order valence-corrected chi connectivity index (χ3v) is 3.56. The molecule has 1 aliphatic rings. The Morgan fingerprint density at radius 1 is 1.38 bits per heavy atom. The summed E-state index contributed by atoms with van der Waals surface area (Å²) in [5, 5.41) is 8.49. The minimum absolute atomic E-state index is 0.0515. The predicted octanol–water partition coefficient (Wildman–Crippen LogP) is 1.06. The number of rotatable bonds is 4. The number of fused-ring (bicyclic) bond motifs is 1. The number of amides is 1. The van der Waals surface area contributed by atoms with Gasteiger partial charge in [0.1, 0.15) is 6.54 Å². The molecule has 1 aromatic heterocycles. The summed E-state index contributed by atoms with van der Waals surface area (Å²) in [6, 6.07) is 7.23. The molecule has 3 rings (SSSR count). The van der Waals surface area contributed by atoms with Gasteiger partial charge in [0, 0.05) is 11.3 Å². The third kappa shape index (κ3) is 2.65. The Kier molecular flexibility index (Phi) is 3.44. The highest BCUT2D eigenvalue weighted by atomic mass is 16.2. The topological polar surface area (TPSA) is 64.0 Å². The molecule has 106 valence electrons. The summed E-state index contributed by atoms with van der Waals surface area (Å²) in [4.78, 5) is 24.0. The summed E-state index contributed by atoms with van der Waals surface area (Å²) < 4.78 is 1.26. The Hall–Kier alpha value is -2.61. The first-order valence-electron chi connectivity index (χ1n) is 6.90. The fraction of sp³-hybridized carbons (Fsp3) is 0.312. The SMILES string of the molecule is C#CCn1nc(CNC(=O)C2CC2)c2ccccc2c1=O. The molecule has 1 fully saturated rings. The molecule has 1 aromatic carbocycles. The summed E-state index contributed by atoms with van der Waals surface area (Å²) in [6.07, 6.45) is 7.18. The molecule has 0 spiro atoms. The average molecular weight is 281 g/mol. The van der Waals surface area contributed by atoms with Crippen molar-refractivity contribution in [2.24, 2.45) is 5.92 Å². The van der Waals surface area contributed by atoms with Crippen LogP contribution in [0.15, 0.2) is 29.1 Å². The lowest BCUT2D eigenvalue weighted by Gasteiger charge is -2.10. The zero-order valence-electron chi connectivity index (χ0n) is 11.5. The lowest BCUT2D eigenvalue weighted by atomic mass is 10.1. The molecule has 5 heteroatoms. The van der Waals surface area contributed by atoms with Gasteiger partial charge in [-0.05, 0) is 18.9 Å². The number of hydrogen-bond acceptors (Lipinski definition) is 3. The van der Waals surface area contributed by atoms with Crippen molar-refractivity contribution < 1.29 is 4.79 Å². The Labute approximate surface area is 122 Å². The molecule has 0 bridgehead atoms. The molecule has 0 atom stereocenters. The molecular formula is C16H15N3O2. The van der Waals surface area contributed by atoms with Gasteiger partial charge < -0.3 is 5.32 Å². The summed E-state index contributed by atoms with van der Waals surface area (Å²) >= 11 is 0. The van der Waals surface area contributed by atoms with Gasteiger partial charge in [0.15, 0.2) is 0 Å². The second-order valence-corrected chi connectivity index (χ2v) is 5.15. The van der Waals surface area contributed by atoms with Crippen LogP contribution in [0, 0.1) is 18.3 Å². The number of aromatic nitrogens is 2. The number of carbonyl (C=O) groups excluding carboxylic acids is 1. The van der Waals surface area contributed by atoms with Crippen LogP contribution in [0.25, 0.3) is 10.8 Å². The standard InChI is InChI=1S/C16H15N3O2/c1-2-9-19-16(21)13-6-4-3-5-12(13)14(18-19)10-17-15(20)11-7-8-11/h1,3-6,11H,7-10H2,(H,17,20).